The zero-order valence-electron chi connectivity index (χ0n) is 14.3. The van der Waals surface area contributed by atoms with Crippen LogP contribution in [-0.2, 0) is 20.7 Å². The number of halogens is 1. The summed E-state index contributed by atoms with van der Waals surface area (Å²) < 4.78 is 29.9. The van der Waals surface area contributed by atoms with Gasteiger partial charge in [0, 0.05) is 18.5 Å². The second-order valence-corrected chi connectivity index (χ2v) is 6.14. The number of amides is 1. The maximum absolute atomic E-state index is 13.3. The van der Waals surface area contributed by atoms with E-state index >= 15 is 0 Å². The maximum Gasteiger partial charge on any atom is 0.226 e. The van der Waals surface area contributed by atoms with Crippen LogP contribution in [0.5, 0.6) is 0 Å². The fourth-order valence-electron chi connectivity index (χ4n) is 2.68. The third kappa shape index (κ3) is 4.43. The number of hydrogen-bond acceptors (Lipinski definition) is 5. The summed E-state index contributed by atoms with van der Waals surface area (Å²) in [4.78, 5) is 16.4. The molecule has 1 saturated heterocycles. The minimum atomic E-state index is -0.623. The van der Waals surface area contributed by atoms with E-state index in [0.717, 1.165) is 0 Å². The Morgan fingerprint density at radius 3 is 2.84 bits per heavy atom. The minimum Gasteiger partial charge on any atom is -0.441 e. The average molecular weight is 348 g/mol. The molecule has 25 heavy (non-hydrogen) atoms. The van der Waals surface area contributed by atoms with Crippen molar-refractivity contribution in [3.63, 3.8) is 0 Å². The van der Waals surface area contributed by atoms with E-state index in [-0.39, 0.29) is 18.1 Å². The number of aromatic nitrogens is 1. The Morgan fingerprint density at radius 1 is 1.36 bits per heavy atom. The molecule has 7 heteroatoms. The molecule has 1 fully saturated rings. The van der Waals surface area contributed by atoms with Crippen molar-refractivity contribution in [1.29, 1.82) is 0 Å². The first-order valence-corrected chi connectivity index (χ1v) is 8.22. The van der Waals surface area contributed by atoms with Crippen molar-refractivity contribution in [3.05, 3.63) is 41.5 Å². The van der Waals surface area contributed by atoms with Crippen molar-refractivity contribution in [2.24, 2.45) is 0 Å². The molecule has 6 nitrogen and oxygen atoms in total. The molecule has 0 saturated carbocycles. The normalized spacial score (nSPS) is 16.1. The molecule has 0 unspecified atom stereocenters. The van der Waals surface area contributed by atoms with Crippen LogP contribution in [0.25, 0.3) is 11.5 Å². The first-order chi connectivity index (χ1) is 12.0. The zero-order chi connectivity index (χ0) is 17.9. The van der Waals surface area contributed by atoms with Crippen molar-refractivity contribution in [2.75, 3.05) is 19.8 Å². The van der Waals surface area contributed by atoms with Crippen LogP contribution < -0.4 is 5.32 Å². The van der Waals surface area contributed by atoms with E-state index in [1.54, 1.807) is 19.1 Å². The Balaban J connectivity index is 1.56. The fraction of sp³-hybridized carbons (Fsp3) is 0.444. The summed E-state index contributed by atoms with van der Waals surface area (Å²) in [5, 5.41) is 2.83. The molecule has 2 heterocycles. The molecule has 1 N–H and O–H groups in total. The van der Waals surface area contributed by atoms with E-state index in [0.29, 0.717) is 49.1 Å². The Bertz CT molecular complexity index is 753. The van der Waals surface area contributed by atoms with Crippen molar-refractivity contribution in [1.82, 2.24) is 10.3 Å². The molecular formula is C18H21FN2O4. The highest BCUT2D eigenvalue weighted by atomic mass is 19.1. The largest absolute Gasteiger partial charge is 0.441 e. The topological polar surface area (TPSA) is 73.6 Å². The summed E-state index contributed by atoms with van der Waals surface area (Å²) in [5.41, 5.74) is 1.08. The molecule has 1 aromatic heterocycles. The van der Waals surface area contributed by atoms with E-state index < -0.39 is 5.79 Å². The van der Waals surface area contributed by atoms with Gasteiger partial charge in [-0.1, -0.05) is 6.07 Å². The number of benzene rings is 1. The van der Waals surface area contributed by atoms with Crippen LogP contribution in [0, 0.1) is 12.7 Å². The van der Waals surface area contributed by atoms with Gasteiger partial charge in [0.1, 0.15) is 11.6 Å². The van der Waals surface area contributed by atoms with Gasteiger partial charge in [-0.25, -0.2) is 9.37 Å². The third-order valence-corrected chi connectivity index (χ3v) is 4.09. The average Bonchev–Trinajstić information content (AvgIpc) is 3.14. The quantitative estimate of drug-likeness (QED) is 0.869. The van der Waals surface area contributed by atoms with Crippen LogP contribution >= 0.6 is 0 Å². The Kier molecular flexibility index (Phi) is 5.15. The van der Waals surface area contributed by atoms with Gasteiger partial charge in [0.15, 0.2) is 5.79 Å². The van der Waals surface area contributed by atoms with Crippen molar-refractivity contribution < 1.29 is 23.1 Å². The van der Waals surface area contributed by atoms with Crippen LogP contribution in [0.4, 0.5) is 4.39 Å². The second-order valence-electron chi connectivity index (χ2n) is 6.14. The predicted molar refractivity (Wildman–Crippen MR) is 88.3 cm³/mol. The van der Waals surface area contributed by atoms with Gasteiger partial charge in [-0.2, -0.15) is 0 Å². The van der Waals surface area contributed by atoms with E-state index in [4.69, 9.17) is 13.9 Å². The lowest BCUT2D eigenvalue weighted by molar-refractivity contribution is -0.146. The molecule has 0 radical (unpaired) electrons. The fourth-order valence-corrected chi connectivity index (χ4v) is 2.68. The van der Waals surface area contributed by atoms with Crippen LogP contribution in [0.3, 0.4) is 0 Å². The third-order valence-electron chi connectivity index (χ3n) is 4.09. The summed E-state index contributed by atoms with van der Waals surface area (Å²) in [5.74, 6) is -0.299. The molecule has 0 atom stereocenters. The summed E-state index contributed by atoms with van der Waals surface area (Å²) in [7, 11) is 0. The summed E-state index contributed by atoms with van der Waals surface area (Å²) >= 11 is 0. The molecule has 0 aliphatic carbocycles. The van der Waals surface area contributed by atoms with Crippen molar-refractivity contribution in [2.45, 2.75) is 32.5 Å². The van der Waals surface area contributed by atoms with E-state index in [2.05, 4.69) is 10.3 Å². The summed E-state index contributed by atoms with van der Waals surface area (Å²) in [6.45, 7) is 5.19. The first kappa shape index (κ1) is 17.6. The number of rotatable bonds is 6. The first-order valence-electron chi connectivity index (χ1n) is 8.22. The van der Waals surface area contributed by atoms with E-state index in [9.17, 15) is 9.18 Å². The SMILES string of the molecule is Cc1oc(-c2cccc(F)c2)nc1CC(=O)NCCC1(C)OCCO1. The van der Waals surface area contributed by atoms with Gasteiger partial charge in [0.2, 0.25) is 11.8 Å². The number of hydrogen-bond donors (Lipinski definition) is 1. The number of ether oxygens (including phenoxy) is 2. The van der Waals surface area contributed by atoms with Gasteiger partial charge in [0.05, 0.1) is 25.3 Å². The highest BCUT2D eigenvalue weighted by Crippen LogP contribution is 2.23. The number of nitrogens with one attached hydrogen (secondary N) is 1. The summed E-state index contributed by atoms with van der Waals surface area (Å²) in [6.07, 6.45) is 0.675. The highest BCUT2D eigenvalue weighted by Gasteiger charge is 2.30. The van der Waals surface area contributed by atoms with Gasteiger partial charge < -0.3 is 19.2 Å². The lowest BCUT2D eigenvalue weighted by Crippen LogP contribution is -2.34. The van der Waals surface area contributed by atoms with Crippen LogP contribution in [0.15, 0.2) is 28.7 Å². The molecule has 3 rings (SSSR count). The Labute approximate surface area is 145 Å². The van der Waals surface area contributed by atoms with E-state index in [1.165, 1.54) is 12.1 Å². The smallest absolute Gasteiger partial charge is 0.226 e. The number of oxazole rings is 1. The number of carbonyl (C=O) groups excluding carboxylic acids is 1. The van der Waals surface area contributed by atoms with Gasteiger partial charge in [0.25, 0.3) is 0 Å². The molecular weight excluding hydrogens is 327 g/mol. The molecule has 2 aromatic rings. The Hall–Kier alpha value is -2.25. The van der Waals surface area contributed by atoms with E-state index in [1.807, 2.05) is 6.92 Å². The minimum absolute atomic E-state index is 0.100. The number of nitrogens with zero attached hydrogens (tertiary/aromatic N) is 1. The standard InChI is InChI=1S/C18H21FN2O4/c1-12-15(21-17(25-12)13-4-3-5-14(19)10-13)11-16(22)20-7-6-18(2)23-8-9-24-18/h3-5,10H,6-9,11H2,1-2H3,(H,20,22). The van der Waals surface area contributed by atoms with Crippen LogP contribution in [0.1, 0.15) is 24.8 Å². The van der Waals surface area contributed by atoms with Crippen molar-refractivity contribution >= 4 is 5.91 Å². The molecule has 1 aliphatic rings. The molecule has 1 aliphatic heterocycles. The number of aryl methyl sites for hydroxylation is 1. The lowest BCUT2D eigenvalue weighted by Gasteiger charge is -2.22. The van der Waals surface area contributed by atoms with Gasteiger partial charge in [-0.05, 0) is 32.0 Å². The van der Waals surface area contributed by atoms with Crippen LogP contribution in [0.2, 0.25) is 0 Å². The van der Waals surface area contributed by atoms with Crippen molar-refractivity contribution in [3.8, 4) is 11.5 Å². The maximum atomic E-state index is 13.3. The van der Waals surface area contributed by atoms with Gasteiger partial charge >= 0.3 is 0 Å². The highest BCUT2D eigenvalue weighted by molar-refractivity contribution is 5.78. The molecule has 0 bridgehead atoms. The second kappa shape index (κ2) is 7.33. The lowest BCUT2D eigenvalue weighted by atomic mass is 10.2. The number of carbonyl (C=O) groups is 1. The predicted octanol–water partition coefficient (Wildman–Crippen LogP) is 2.60. The molecule has 0 spiro atoms. The van der Waals surface area contributed by atoms with Crippen LogP contribution in [-0.4, -0.2) is 36.4 Å². The zero-order valence-corrected chi connectivity index (χ0v) is 14.3. The molecule has 1 aromatic carbocycles. The monoisotopic (exact) mass is 348 g/mol. The van der Waals surface area contributed by atoms with Gasteiger partial charge in [-0.3, -0.25) is 4.79 Å². The molecule has 1 amide bonds. The Morgan fingerprint density at radius 2 is 2.12 bits per heavy atom. The van der Waals surface area contributed by atoms with Gasteiger partial charge in [-0.15, -0.1) is 0 Å². The molecule has 134 valence electrons. The summed E-state index contributed by atoms with van der Waals surface area (Å²) in [6, 6.07) is 5.99.